The van der Waals surface area contributed by atoms with Gasteiger partial charge in [-0.2, -0.15) is 0 Å². The number of piperazine rings is 1. The summed E-state index contributed by atoms with van der Waals surface area (Å²) in [7, 11) is 4.14. The lowest BCUT2D eigenvalue weighted by Gasteiger charge is -2.39. The van der Waals surface area contributed by atoms with Crippen molar-refractivity contribution >= 4 is 5.69 Å². The van der Waals surface area contributed by atoms with Gasteiger partial charge in [0.2, 0.25) is 0 Å². The predicted molar refractivity (Wildman–Crippen MR) is 129 cm³/mol. The van der Waals surface area contributed by atoms with E-state index >= 15 is 0 Å². The van der Waals surface area contributed by atoms with Gasteiger partial charge in [0, 0.05) is 52.5 Å². The Kier molecular flexibility index (Phi) is 6.58. The van der Waals surface area contributed by atoms with Crippen molar-refractivity contribution in [2.45, 2.75) is 38.9 Å². The molecule has 0 radical (unpaired) electrons. The van der Waals surface area contributed by atoms with Crippen molar-refractivity contribution in [2.24, 2.45) is 0 Å². The molecule has 1 unspecified atom stereocenters. The van der Waals surface area contributed by atoms with Crippen LogP contribution in [0.1, 0.15) is 43.8 Å². The number of anilines is 1. The van der Waals surface area contributed by atoms with Crippen LogP contribution in [-0.4, -0.2) is 70.3 Å². The molecule has 1 fully saturated rings. The third-order valence-corrected chi connectivity index (χ3v) is 6.12. The first-order valence-electron chi connectivity index (χ1n) is 11.4. The van der Waals surface area contributed by atoms with Crippen molar-refractivity contribution in [2.75, 3.05) is 45.2 Å². The van der Waals surface area contributed by atoms with E-state index in [-0.39, 0.29) is 11.6 Å². The summed E-state index contributed by atoms with van der Waals surface area (Å²) >= 11 is 0. The molecule has 1 saturated heterocycles. The Bertz CT molecular complexity index is 981. The van der Waals surface area contributed by atoms with Crippen LogP contribution in [0.2, 0.25) is 0 Å². The second kappa shape index (κ2) is 9.38. The molecule has 2 aromatic carbocycles. The number of rotatable bonds is 6. The normalized spacial score (nSPS) is 16.8. The monoisotopic (exact) mass is 433 g/mol. The van der Waals surface area contributed by atoms with Crippen LogP contribution in [-0.2, 0) is 12.1 Å². The van der Waals surface area contributed by atoms with Gasteiger partial charge in [0.1, 0.15) is 0 Å². The van der Waals surface area contributed by atoms with Gasteiger partial charge in [-0.25, -0.2) is 4.68 Å². The molecule has 3 aromatic rings. The molecule has 7 heteroatoms. The fourth-order valence-corrected chi connectivity index (χ4v) is 4.34. The number of benzene rings is 2. The van der Waals surface area contributed by atoms with Gasteiger partial charge in [-0.3, -0.25) is 9.80 Å². The molecule has 1 aliphatic rings. The van der Waals surface area contributed by atoms with Gasteiger partial charge in [-0.15, -0.1) is 5.10 Å². The van der Waals surface area contributed by atoms with Crippen LogP contribution in [0.3, 0.4) is 0 Å². The maximum atomic E-state index is 4.52. The second-order valence-electron chi connectivity index (χ2n) is 9.81. The van der Waals surface area contributed by atoms with Crippen LogP contribution < -0.4 is 4.90 Å². The lowest BCUT2D eigenvalue weighted by molar-refractivity contribution is 0.0979. The number of aromatic nitrogens is 4. The maximum Gasteiger partial charge on any atom is 0.173 e. The first-order valence-corrected chi connectivity index (χ1v) is 11.4. The van der Waals surface area contributed by atoms with Gasteiger partial charge in [0.05, 0.1) is 11.6 Å². The molecule has 1 aliphatic heterocycles. The van der Waals surface area contributed by atoms with Crippen LogP contribution in [0.15, 0.2) is 54.6 Å². The van der Waals surface area contributed by atoms with E-state index in [1.165, 1.54) is 16.8 Å². The number of hydrogen-bond donors (Lipinski definition) is 0. The highest BCUT2D eigenvalue weighted by Gasteiger charge is 2.33. The SMILES string of the molecule is CN(C)c1ccc(C(c2nnnn2C(C)(C)C)N2CCN(Cc3ccccc3)CC2)cc1. The Morgan fingerprint density at radius 3 is 2.16 bits per heavy atom. The molecule has 0 saturated carbocycles. The van der Waals surface area contributed by atoms with Crippen molar-refractivity contribution in [1.82, 2.24) is 30.0 Å². The minimum absolute atomic E-state index is 0.0271. The van der Waals surface area contributed by atoms with Crippen LogP contribution in [0.25, 0.3) is 0 Å². The summed E-state index contributed by atoms with van der Waals surface area (Å²) in [4.78, 5) is 7.19. The molecule has 0 aliphatic carbocycles. The van der Waals surface area contributed by atoms with E-state index in [9.17, 15) is 0 Å². The summed E-state index contributed by atoms with van der Waals surface area (Å²) in [6.45, 7) is 11.4. The first kappa shape index (κ1) is 22.4. The van der Waals surface area contributed by atoms with Gasteiger partial charge in [-0.1, -0.05) is 42.5 Å². The smallest absolute Gasteiger partial charge is 0.173 e. The molecule has 2 heterocycles. The lowest BCUT2D eigenvalue weighted by atomic mass is 10.0. The summed E-state index contributed by atoms with van der Waals surface area (Å²) in [6, 6.07) is 19.6. The molecule has 1 atom stereocenters. The maximum absolute atomic E-state index is 4.52. The first-order chi connectivity index (χ1) is 15.3. The Labute approximate surface area is 191 Å². The second-order valence-corrected chi connectivity index (χ2v) is 9.81. The van der Waals surface area contributed by atoms with Crippen LogP contribution in [0, 0.1) is 0 Å². The average Bonchev–Trinajstić information content (AvgIpc) is 3.26. The van der Waals surface area contributed by atoms with Gasteiger partial charge in [0.15, 0.2) is 5.82 Å². The molecular formula is C25H35N7. The molecule has 32 heavy (non-hydrogen) atoms. The lowest BCUT2D eigenvalue weighted by Crippen LogP contribution is -2.48. The standard InChI is InChI=1S/C25H35N7/c1-25(2,3)32-24(26-27-28-32)23(21-11-13-22(14-12-21)29(4)5)31-17-15-30(16-18-31)19-20-9-7-6-8-10-20/h6-14,23H,15-19H2,1-5H3. The third-order valence-electron chi connectivity index (χ3n) is 6.12. The summed E-state index contributed by atoms with van der Waals surface area (Å²) in [5.74, 6) is 0.909. The molecule has 170 valence electrons. The third kappa shape index (κ3) is 5.00. The zero-order valence-corrected chi connectivity index (χ0v) is 19.9. The van der Waals surface area contributed by atoms with Gasteiger partial charge in [0.25, 0.3) is 0 Å². The Morgan fingerprint density at radius 2 is 1.56 bits per heavy atom. The molecule has 0 amide bonds. The van der Waals surface area contributed by atoms with Crippen LogP contribution in [0.4, 0.5) is 5.69 Å². The summed E-state index contributed by atoms with van der Waals surface area (Å²) in [6.07, 6.45) is 0. The topological polar surface area (TPSA) is 53.3 Å². The fourth-order valence-electron chi connectivity index (χ4n) is 4.34. The van der Waals surface area contributed by atoms with E-state index < -0.39 is 0 Å². The Balaban J connectivity index is 1.58. The van der Waals surface area contributed by atoms with Crippen LogP contribution in [0.5, 0.6) is 0 Å². The van der Waals surface area contributed by atoms with E-state index in [0.29, 0.717) is 0 Å². The Hall–Kier alpha value is -2.77. The van der Waals surface area contributed by atoms with Crippen molar-refractivity contribution in [3.05, 3.63) is 71.5 Å². The average molecular weight is 434 g/mol. The fraction of sp³-hybridized carbons (Fsp3) is 0.480. The molecule has 0 spiro atoms. The van der Waals surface area contributed by atoms with E-state index in [1.54, 1.807) is 0 Å². The minimum Gasteiger partial charge on any atom is -0.378 e. The van der Waals surface area contributed by atoms with Crippen molar-refractivity contribution < 1.29 is 0 Å². The van der Waals surface area contributed by atoms with Crippen molar-refractivity contribution in [1.29, 1.82) is 0 Å². The van der Waals surface area contributed by atoms with E-state index in [2.05, 4.69) is 120 Å². The number of tetrazole rings is 1. The summed E-state index contributed by atoms with van der Waals surface area (Å²) < 4.78 is 1.98. The van der Waals surface area contributed by atoms with Gasteiger partial charge < -0.3 is 4.90 Å². The Morgan fingerprint density at radius 1 is 0.906 bits per heavy atom. The van der Waals surface area contributed by atoms with E-state index in [0.717, 1.165) is 38.5 Å². The van der Waals surface area contributed by atoms with Gasteiger partial charge in [-0.05, 0) is 54.5 Å². The largest absolute Gasteiger partial charge is 0.378 e. The minimum atomic E-state index is -0.185. The molecule has 0 N–H and O–H groups in total. The summed E-state index contributed by atoms with van der Waals surface area (Å²) in [5.41, 5.74) is 3.60. The highest BCUT2D eigenvalue weighted by molar-refractivity contribution is 5.47. The molecule has 4 rings (SSSR count). The number of nitrogens with zero attached hydrogens (tertiary/aromatic N) is 7. The summed E-state index contributed by atoms with van der Waals surface area (Å²) in [5, 5.41) is 12.9. The zero-order valence-electron chi connectivity index (χ0n) is 19.9. The molecule has 1 aromatic heterocycles. The molecule has 7 nitrogen and oxygen atoms in total. The quantitative estimate of drug-likeness (QED) is 0.594. The molecular weight excluding hydrogens is 398 g/mol. The van der Waals surface area contributed by atoms with Crippen molar-refractivity contribution in [3.63, 3.8) is 0 Å². The van der Waals surface area contributed by atoms with E-state index in [1.807, 2.05) is 4.68 Å². The predicted octanol–water partition coefficient (Wildman–Crippen LogP) is 3.40. The van der Waals surface area contributed by atoms with E-state index in [4.69, 9.17) is 0 Å². The number of hydrogen-bond acceptors (Lipinski definition) is 6. The zero-order chi connectivity index (χ0) is 22.7. The molecule has 0 bridgehead atoms. The van der Waals surface area contributed by atoms with Gasteiger partial charge >= 0.3 is 0 Å². The highest BCUT2D eigenvalue weighted by atomic mass is 15.6. The van der Waals surface area contributed by atoms with Crippen molar-refractivity contribution in [3.8, 4) is 0 Å². The van der Waals surface area contributed by atoms with Crippen LogP contribution >= 0.6 is 0 Å². The highest BCUT2D eigenvalue weighted by Crippen LogP contribution is 2.31.